The molecule has 0 aliphatic carbocycles. The molecule has 1 fully saturated rings. The third-order valence-electron chi connectivity index (χ3n) is 4.69. The number of hydrogen-bond donors (Lipinski definition) is 1. The summed E-state index contributed by atoms with van der Waals surface area (Å²) in [5.41, 5.74) is 3.68. The van der Waals surface area contributed by atoms with Crippen LogP contribution in [0.4, 0.5) is 10.1 Å². The number of anilines is 1. The first kappa shape index (κ1) is 16.9. The molecular formula is C20H26FN3. The average Bonchev–Trinajstić information content (AvgIpc) is 2.64. The van der Waals surface area contributed by atoms with Crippen LogP contribution in [0.2, 0.25) is 0 Å². The number of piperazine rings is 1. The van der Waals surface area contributed by atoms with Crippen LogP contribution in [-0.4, -0.2) is 37.6 Å². The van der Waals surface area contributed by atoms with Gasteiger partial charge in [-0.2, -0.15) is 0 Å². The first-order chi connectivity index (χ1) is 11.7. The SMILES string of the molecule is CCN1CCN(c2ccc(CNCc3ccc(F)cc3)cc2)CC1. The van der Waals surface area contributed by atoms with Crippen LogP contribution < -0.4 is 10.2 Å². The van der Waals surface area contributed by atoms with E-state index in [-0.39, 0.29) is 5.82 Å². The monoisotopic (exact) mass is 327 g/mol. The maximum atomic E-state index is 12.9. The molecule has 1 N–H and O–H groups in total. The number of hydrogen-bond acceptors (Lipinski definition) is 3. The Morgan fingerprint density at radius 3 is 1.92 bits per heavy atom. The molecule has 3 nitrogen and oxygen atoms in total. The van der Waals surface area contributed by atoms with E-state index in [1.54, 1.807) is 0 Å². The van der Waals surface area contributed by atoms with Crippen LogP contribution in [0.1, 0.15) is 18.1 Å². The van der Waals surface area contributed by atoms with Crippen molar-refractivity contribution < 1.29 is 4.39 Å². The highest BCUT2D eigenvalue weighted by molar-refractivity contribution is 5.48. The molecule has 0 unspecified atom stereocenters. The van der Waals surface area contributed by atoms with E-state index in [0.29, 0.717) is 0 Å². The molecule has 1 aliphatic heterocycles. The van der Waals surface area contributed by atoms with E-state index in [1.807, 2.05) is 12.1 Å². The van der Waals surface area contributed by atoms with Crippen molar-refractivity contribution in [3.8, 4) is 0 Å². The molecule has 0 spiro atoms. The molecule has 0 aromatic heterocycles. The minimum atomic E-state index is -0.186. The van der Waals surface area contributed by atoms with E-state index < -0.39 is 0 Å². The zero-order chi connectivity index (χ0) is 16.8. The molecule has 3 rings (SSSR count). The number of nitrogens with one attached hydrogen (secondary N) is 1. The van der Waals surface area contributed by atoms with Crippen molar-refractivity contribution in [2.45, 2.75) is 20.0 Å². The molecule has 128 valence electrons. The summed E-state index contributed by atoms with van der Waals surface area (Å²) >= 11 is 0. The molecule has 24 heavy (non-hydrogen) atoms. The average molecular weight is 327 g/mol. The van der Waals surface area contributed by atoms with E-state index in [2.05, 4.69) is 46.3 Å². The van der Waals surface area contributed by atoms with Crippen molar-refractivity contribution in [1.82, 2.24) is 10.2 Å². The van der Waals surface area contributed by atoms with Crippen molar-refractivity contribution in [3.05, 3.63) is 65.5 Å². The molecule has 1 heterocycles. The Morgan fingerprint density at radius 2 is 1.38 bits per heavy atom. The molecule has 1 aliphatic rings. The quantitative estimate of drug-likeness (QED) is 0.878. The van der Waals surface area contributed by atoms with E-state index in [9.17, 15) is 4.39 Å². The van der Waals surface area contributed by atoms with Gasteiger partial charge >= 0.3 is 0 Å². The van der Waals surface area contributed by atoms with Gasteiger partial charge in [0.25, 0.3) is 0 Å². The Bertz CT molecular complexity index is 616. The van der Waals surface area contributed by atoms with Gasteiger partial charge in [-0.05, 0) is 41.9 Å². The lowest BCUT2D eigenvalue weighted by atomic mass is 10.1. The summed E-state index contributed by atoms with van der Waals surface area (Å²) in [4.78, 5) is 4.95. The molecule has 0 saturated carbocycles. The van der Waals surface area contributed by atoms with Gasteiger partial charge in [-0.15, -0.1) is 0 Å². The van der Waals surface area contributed by atoms with Crippen LogP contribution >= 0.6 is 0 Å². The summed E-state index contributed by atoms with van der Waals surface area (Å²) in [6.45, 7) is 9.46. The Hall–Kier alpha value is -1.91. The molecule has 1 saturated heterocycles. The van der Waals surface area contributed by atoms with Crippen molar-refractivity contribution in [2.24, 2.45) is 0 Å². The summed E-state index contributed by atoms with van der Waals surface area (Å²) in [6, 6.07) is 15.5. The highest BCUT2D eigenvalue weighted by Gasteiger charge is 2.15. The van der Waals surface area contributed by atoms with Gasteiger partial charge in [-0.1, -0.05) is 31.2 Å². The van der Waals surface area contributed by atoms with Gasteiger partial charge in [0.05, 0.1) is 0 Å². The van der Waals surface area contributed by atoms with Crippen LogP contribution in [0.25, 0.3) is 0 Å². The first-order valence-electron chi connectivity index (χ1n) is 8.76. The number of nitrogens with zero attached hydrogens (tertiary/aromatic N) is 2. The van der Waals surface area contributed by atoms with Crippen LogP contribution in [0.15, 0.2) is 48.5 Å². The highest BCUT2D eigenvalue weighted by atomic mass is 19.1. The lowest BCUT2D eigenvalue weighted by Crippen LogP contribution is -2.46. The highest BCUT2D eigenvalue weighted by Crippen LogP contribution is 2.17. The first-order valence-corrected chi connectivity index (χ1v) is 8.76. The number of rotatable bonds is 6. The zero-order valence-corrected chi connectivity index (χ0v) is 14.3. The predicted molar refractivity (Wildman–Crippen MR) is 97.7 cm³/mol. The molecular weight excluding hydrogens is 301 g/mol. The van der Waals surface area contributed by atoms with Gasteiger partial charge in [0.1, 0.15) is 5.82 Å². The molecule has 4 heteroatoms. The lowest BCUT2D eigenvalue weighted by Gasteiger charge is -2.35. The van der Waals surface area contributed by atoms with Crippen LogP contribution in [0.3, 0.4) is 0 Å². The fraction of sp³-hybridized carbons (Fsp3) is 0.400. The van der Waals surface area contributed by atoms with Gasteiger partial charge in [0, 0.05) is 45.0 Å². The Morgan fingerprint density at radius 1 is 0.833 bits per heavy atom. The normalized spacial score (nSPS) is 15.7. The molecule has 2 aromatic rings. The van der Waals surface area contributed by atoms with Gasteiger partial charge in [-0.3, -0.25) is 0 Å². The smallest absolute Gasteiger partial charge is 0.123 e. The minimum absolute atomic E-state index is 0.186. The molecule has 0 amide bonds. The van der Waals surface area contributed by atoms with Crippen LogP contribution in [0, 0.1) is 5.82 Å². The summed E-state index contributed by atoms with van der Waals surface area (Å²) in [6.07, 6.45) is 0. The summed E-state index contributed by atoms with van der Waals surface area (Å²) in [7, 11) is 0. The molecule has 2 aromatic carbocycles. The second-order valence-corrected chi connectivity index (χ2v) is 6.32. The second kappa shape index (κ2) is 8.27. The topological polar surface area (TPSA) is 18.5 Å². The maximum Gasteiger partial charge on any atom is 0.123 e. The number of halogens is 1. The van der Waals surface area contributed by atoms with Gasteiger partial charge in [-0.25, -0.2) is 4.39 Å². The Balaban J connectivity index is 1.47. The Kier molecular flexibility index (Phi) is 5.83. The summed E-state index contributed by atoms with van der Waals surface area (Å²) in [5, 5.41) is 3.41. The fourth-order valence-electron chi connectivity index (χ4n) is 3.10. The molecule has 0 radical (unpaired) electrons. The van der Waals surface area contributed by atoms with E-state index >= 15 is 0 Å². The van der Waals surface area contributed by atoms with Crippen molar-refractivity contribution in [1.29, 1.82) is 0 Å². The van der Waals surface area contributed by atoms with E-state index in [1.165, 1.54) is 23.4 Å². The maximum absolute atomic E-state index is 12.9. The van der Waals surface area contributed by atoms with Crippen LogP contribution in [-0.2, 0) is 13.1 Å². The fourth-order valence-corrected chi connectivity index (χ4v) is 3.10. The summed E-state index contributed by atoms with van der Waals surface area (Å²) in [5.74, 6) is -0.186. The van der Waals surface area contributed by atoms with Crippen molar-refractivity contribution in [3.63, 3.8) is 0 Å². The van der Waals surface area contributed by atoms with Crippen molar-refractivity contribution >= 4 is 5.69 Å². The largest absolute Gasteiger partial charge is 0.369 e. The zero-order valence-electron chi connectivity index (χ0n) is 14.3. The van der Waals surface area contributed by atoms with Gasteiger partial charge in [0.2, 0.25) is 0 Å². The minimum Gasteiger partial charge on any atom is -0.369 e. The Labute approximate surface area is 144 Å². The predicted octanol–water partition coefficient (Wildman–Crippen LogP) is 3.26. The van der Waals surface area contributed by atoms with Crippen LogP contribution in [0.5, 0.6) is 0 Å². The molecule has 0 bridgehead atoms. The van der Waals surface area contributed by atoms with Gasteiger partial charge in [0.15, 0.2) is 0 Å². The molecule has 0 atom stereocenters. The standard InChI is InChI=1S/C20H26FN3/c1-2-23-11-13-24(14-12-23)20-9-5-18(6-10-20)16-22-15-17-3-7-19(21)8-4-17/h3-10,22H,2,11-16H2,1H3. The lowest BCUT2D eigenvalue weighted by molar-refractivity contribution is 0.271. The number of likely N-dealkylation sites (N-methyl/N-ethyl adjacent to an activating group) is 1. The number of benzene rings is 2. The van der Waals surface area contributed by atoms with Gasteiger partial charge < -0.3 is 15.1 Å². The van der Waals surface area contributed by atoms with E-state index in [4.69, 9.17) is 0 Å². The third kappa shape index (κ3) is 4.56. The summed E-state index contributed by atoms with van der Waals surface area (Å²) < 4.78 is 12.9. The van der Waals surface area contributed by atoms with E-state index in [0.717, 1.165) is 51.4 Å². The van der Waals surface area contributed by atoms with Crippen molar-refractivity contribution in [2.75, 3.05) is 37.6 Å². The third-order valence-corrected chi connectivity index (χ3v) is 4.69. The second-order valence-electron chi connectivity index (χ2n) is 6.32.